The van der Waals surface area contributed by atoms with E-state index in [0.717, 1.165) is 38.4 Å². The number of nitrogens with zero attached hydrogens (tertiary/aromatic N) is 2. The Morgan fingerprint density at radius 3 is 2.50 bits per heavy atom. The van der Waals surface area contributed by atoms with Gasteiger partial charge in [0.1, 0.15) is 0 Å². The van der Waals surface area contributed by atoms with Crippen LogP contribution in [0.3, 0.4) is 0 Å². The van der Waals surface area contributed by atoms with Crippen LogP contribution in [-0.2, 0) is 11.3 Å². The van der Waals surface area contributed by atoms with E-state index in [1.165, 1.54) is 5.56 Å². The van der Waals surface area contributed by atoms with Gasteiger partial charge in [-0.05, 0) is 23.3 Å². The number of benzene rings is 2. The second kappa shape index (κ2) is 8.38. The van der Waals surface area contributed by atoms with Crippen molar-refractivity contribution in [1.29, 1.82) is 0 Å². The summed E-state index contributed by atoms with van der Waals surface area (Å²) in [7, 11) is 0. The van der Waals surface area contributed by atoms with Crippen molar-refractivity contribution in [2.45, 2.75) is 6.54 Å². The molecule has 0 bridgehead atoms. The normalized spacial score (nSPS) is 15.5. The molecule has 0 aromatic heterocycles. The average molecular weight is 323 g/mol. The molecule has 0 atom stereocenters. The number of rotatable bonds is 5. The van der Waals surface area contributed by atoms with Gasteiger partial charge in [-0.2, -0.15) is 5.10 Å². The van der Waals surface area contributed by atoms with Crippen LogP contribution in [0.25, 0.3) is 0 Å². The Morgan fingerprint density at radius 1 is 1.08 bits per heavy atom. The van der Waals surface area contributed by atoms with E-state index in [-0.39, 0.29) is 5.91 Å². The van der Waals surface area contributed by atoms with Gasteiger partial charge in [0.2, 0.25) is 0 Å². The molecule has 5 nitrogen and oxygen atoms in total. The van der Waals surface area contributed by atoms with Gasteiger partial charge in [0.25, 0.3) is 5.91 Å². The minimum absolute atomic E-state index is 0.208. The second-order valence-corrected chi connectivity index (χ2v) is 5.70. The summed E-state index contributed by atoms with van der Waals surface area (Å²) >= 11 is 0. The first-order valence-electron chi connectivity index (χ1n) is 8.09. The Balaban J connectivity index is 1.52. The average Bonchev–Trinajstić information content (AvgIpc) is 2.64. The van der Waals surface area contributed by atoms with Crippen LogP contribution in [0.2, 0.25) is 0 Å². The van der Waals surface area contributed by atoms with Gasteiger partial charge in [0, 0.05) is 25.2 Å². The van der Waals surface area contributed by atoms with Crippen molar-refractivity contribution in [2.75, 3.05) is 26.3 Å². The summed E-state index contributed by atoms with van der Waals surface area (Å²) in [5, 5.41) is 3.99. The van der Waals surface area contributed by atoms with Crippen LogP contribution in [0, 0.1) is 0 Å². The summed E-state index contributed by atoms with van der Waals surface area (Å²) in [6.07, 6.45) is 1.63. The van der Waals surface area contributed by atoms with Gasteiger partial charge in [0.05, 0.1) is 19.4 Å². The Hall–Kier alpha value is -2.50. The van der Waals surface area contributed by atoms with Crippen LogP contribution in [0.15, 0.2) is 59.7 Å². The van der Waals surface area contributed by atoms with Crippen molar-refractivity contribution in [1.82, 2.24) is 10.3 Å². The van der Waals surface area contributed by atoms with E-state index in [1.807, 2.05) is 54.6 Å². The number of nitrogens with one attached hydrogen (secondary N) is 1. The van der Waals surface area contributed by atoms with Crippen molar-refractivity contribution in [3.8, 4) is 0 Å². The van der Waals surface area contributed by atoms with Crippen LogP contribution in [0.5, 0.6) is 0 Å². The molecule has 2 aromatic carbocycles. The predicted molar refractivity (Wildman–Crippen MR) is 94.0 cm³/mol. The zero-order valence-electron chi connectivity index (χ0n) is 13.5. The van der Waals surface area contributed by atoms with E-state index in [9.17, 15) is 4.79 Å². The first kappa shape index (κ1) is 16.4. The maximum Gasteiger partial charge on any atom is 0.271 e. The van der Waals surface area contributed by atoms with Gasteiger partial charge in [-0.3, -0.25) is 9.69 Å². The molecule has 0 aliphatic carbocycles. The molecule has 1 aliphatic heterocycles. The summed E-state index contributed by atoms with van der Waals surface area (Å²) in [4.78, 5) is 14.4. The monoisotopic (exact) mass is 323 g/mol. The van der Waals surface area contributed by atoms with E-state index >= 15 is 0 Å². The number of carbonyl (C=O) groups excluding carboxylic acids is 1. The van der Waals surface area contributed by atoms with E-state index < -0.39 is 0 Å². The van der Waals surface area contributed by atoms with Gasteiger partial charge < -0.3 is 4.74 Å². The molecule has 124 valence electrons. The Kier molecular flexibility index (Phi) is 5.71. The molecule has 1 saturated heterocycles. The molecule has 1 N–H and O–H groups in total. The maximum atomic E-state index is 12.1. The molecular weight excluding hydrogens is 302 g/mol. The fourth-order valence-corrected chi connectivity index (χ4v) is 2.55. The summed E-state index contributed by atoms with van der Waals surface area (Å²) in [5.41, 5.74) is 5.29. The third-order valence-corrected chi connectivity index (χ3v) is 3.91. The topological polar surface area (TPSA) is 53.9 Å². The van der Waals surface area contributed by atoms with Gasteiger partial charge in [0.15, 0.2) is 0 Å². The second-order valence-electron chi connectivity index (χ2n) is 5.70. The minimum Gasteiger partial charge on any atom is -0.379 e. The summed E-state index contributed by atoms with van der Waals surface area (Å²) in [5.74, 6) is -0.208. The van der Waals surface area contributed by atoms with Gasteiger partial charge in [-0.1, -0.05) is 42.5 Å². The first-order valence-corrected chi connectivity index (χ1v) is 8.09. The summed E-state index contributed by atoms with van der Waals surface area (Å²) in [6, 6.07) is 17.3. The van der Waals surface area contributed by atoms with Gasteiger partial charge in [-0.25, -0.2) is 5.43 Å². The minimum atomic E-state index is -0.208. The molecule has 24 heavy (non-hydrogen) atoms. The van der Waals surface area contributed by atoms with Crippen LogP contribution < -0.4 is 5.43 Å². The van der Waals surface area contributed by atoms with Crippen molar-refractivity contribution < 1.29 is 9.53 Å². The lowest BCUT2D eigenvalue weighted by Gasteiger charge is -2.26. The smallest absolute Gasteiger partial charge is 0.271 e. The van der Waals surface area contributed by atoms with Gasteiger partial charge >= 0.3 is 0 Å². The van der Waals surface area contributed by atoms with E-state index in [0.29, 0.717) is 5.56 Å². The zero-order valence-corrected chi connectivity index (χ0v) is 13.5. The summed E-state index contributed by atoms with van der Waals surface area (Å²) in [6.45, 7) is 4.38. The van der Waals surface area contributed by atoms with Crippen LogP contribution in [-0.4, -0.2) is 43.3 Å². The highest BCUT2D eigenvalue weighted by atomic mass is 16.5. The maximum absolute atomic E-state index is 12.1. The van der Waals surface area contributed by atoms with Gasteiger partial charge in [-0.15, -0.1) is 0 Å². The Morgan fingerprint density at radius 2 is 1.79 bits per heavy atom. The fourth-order valence-electron chi connectivity index (χ4n) is 2.55. The van der Waals surface area contributed by atoms with Crippen LogP contribution in [0.1, 0.15) is 21.5 Å². The number of hydrogen-bond donors (Lipinski definition) is 1. The molecule has 0 radical (unpaired) electrons. The standard InChI is InChI=1S/C19H21N3O2/c23-19(21-20-14-16-4-2-1-3-5-16)18-8-6-17(7-9-18)15-22-10-12-24-13-11-22/h1-9,14H,10-13,15H2,(H,21,23). The van der Waals surface area contributed by atoms with E-state index in [4.69, 9.17) is 4.74 Å². The fraction of sp³-hybridized carbons (Fsp3) is 0.263. The molecule has 0 spiro atoms. The number of hydrazone groups is 1. The third kappa shape index (κ3) is 4.75. The molecule has 1 amide bonds. The Labute approximate surface area is 141 Å². The van der Waals surface area contributed by atoms with E-state index in [2.05, 4.69) is 15.4 Å². The van der Waals surface area contributed by atoms with Crippen molar-refractivity contribution in [3.63, 3.8) is 0 Å². The molecular formula is C19H21N3O2. The lowest BCUT2D eigenvalue weighted by molar-refractivity contribution is 0.0342. The Bertz CT molecular complexity index is 678. The van der Waals surface area contributed by atoms with Crippen LogP contribution >= 0.6 is 0 Å². The quantitative estimate of drug-likeness (QED) is 0.678. The number of hydrogen-bond acceptors (Lipinski definition) is 4. The molecule has 2 aromatic rings. The largest absolute Gasteiger partial charge is 0.379 e. The lowest BCUT2D eigenvalue weighted by atomic mass is 10.1. The molecule has 1 heterocycles. The van der Waals surface area contributed by atoms with Crippen LogP contribution in [0.4, 0.5) is 0 Å². The third-order valence-electron chi connectivity index (χ3n) is 3.91. The number of amides is 1. The molecule has 1 fully saturated rings. The lowest BCUT2D eigenvalue weighted by Crippen LogP contribution is -2.35. The van der Waals surface area contributed by atoms with Crippen molar-refractivity contribution in [2.24, 2.45) is 5.10 Å². The molecule has 0 unspecified atom stereocenters. The molecule has 3 rings (SSSR count). The predicted octanol–water partition coefficient (Wildman–Crippen LogP) is 2.28. The highest BCUT2D eigenvalue weighted by Crippen LogP contribution is 2.09. The molecule has 5 heteroatoms. The van der Waals surface area contributed by atoms with E-state index in [1.54, 1.807) is 6.21 Å². The molecule has 1 aliphatic rings. The molecule has 0 saturated carbocycles. The highest BCUT2D eigenvalue weighted by Gasteiger charge is 2.11. The van der Waals surface area contributed by atoms with Crippen molar-refractivity contribution in [3.05, 3.63) is 71.3 Å². The number of morpholine rings is 1. The zero-order chi connectivity index (χ0) is 16.6. The highest BCUT2D eigenvalue weighted by molar-refractivity contribution is 5.94. The summed E-state index contributed by atoms with van der Waals surface area (Å²) < 4.78 is 5.35. The number of carbonyl (C=O) groups is 1. The van der Waals surface area contributed by atoms with Crippen molar-refractivity contribution >= 4 is 12.1 Å². The number of ether oxygens (including phenoxy) is 1. The SMILES string of the molecule is O=C(NN=Cc1ccccc1)c1ccc(CN2CCOCC2)cc1. The first-order chi connectivity index (χ1) is 11.8.